The molecule has 0 fully saturated rings. The Hall–Kier alpha value is -1.88. The van der Waals surface area contributed by atoms with Crippen molar-refractivity contribution in [3.8, 4) is 0 Å². The quantitative estimate of drug-likeness (QED) is 0.475. The predicted molar refractivity (Wildman–Crippen MR) is 65.9 cm³/mol. The van der Waals surface area contributed by atoms with Crippen LogP contribution in [0.2, 0.25) is 0 Å². The summed E-state index contributed by atoms with van der Waals surface area (Å²) in [7, 11) is 0. The molecule has 5 nitrogen and oxygen atoms in total. The Kier molecular flexibility index (Phi) is 3.10. The van der Waals surface area contributed by atoms with Gasteiger partial charge in [-0.05, 0) is 18.1 Å². The SMILES string of the molecule is CC(C)C(C(=O)NN)n1cnc2ccccc21. The van der Waals surface area contributed by atoms with Gasteiger partial charge in [-0.15, -0.1) is 0 Å². The lowest BCUT2D eigenvalue weighted by Gasteiger charge is -2.21. The highest BCUT2D eigenvalue weighted by molar-refractivity contribution is 5.83. The molecule has 1 aromatic carbocycles. The molecule has 0 saturated heterocycles. The molecule has 1 atom stereocenters. The summed E-state index contributed by atoms with van der Waals surface area (Å²) in [5, 5.41) is 0. The number of para-hydroxylation sites is 2. The second kappa shape index (κ2) is 4.55. The maximum absolute atomic E-state index is 11.8. The van der Waals surface area contributed by atoms with Crippen LogP contribution in [0.25, 0.3) is 11.0 Å². The smallest absolute Gasteiger partial charge is 0.257 e. The van der Waals surface area contributed by atoms with E-state index >= 15 is 0 Å². The van der Waals surface area contributed by atoms with E-state index in [9.17, 15) is 4.79 Å². The van der Waals surface area contributed by atoms with Gasteiger partial charge in [-0.1, -0.05) is 26.0 Å². The Labute approximate surface area is 99.6 Å². The van der Waals surface area contributed by atoms with E-state index in [0.717, 1.165) is 11.0 Å². The van der Waals surface area contributed by atoms with Crippen molar-refractivity contribution in [3.63, 3.8) is 0 Å². The van der Waals surface area contributed by atoms with E-state index in [1.165, 1.54) is 0 Å². The maximum atomic E-state index is 11.8. The molecule has 1 aromatic heterocycles. The van der Waals surface area contributed by atoms with Crippen LogP contribution in [0.5, 0.6) is 0 Å². The first kappa shape index (κ1) is 11.6. The number of nitrogens with zero attached hydrogens (tertiary/aromatic N) is 2. The van der Waals surface area contributed by atoms with Gasteiger partial charge in [-0.3, -0.25) is 10.2 Å². The van der Waals surface area contributed by atoms with Crippen LogP contribution in [-0.2, 0) is 4.79 Å². The van der Waals surface area contributed by atoms with Crippen molar-refractivity contribution in [2.24, 2.45) is 11.8 Å². The van der Waals surface area contributed by atoms with Gasteiger partial charge in [0.15, 0.2) is 0 Å². The number of hydrazine groups is 1. The molecule has 1 heterocycles. The van der Waals surface area contributed by atoms with Crippen LogP contribution in [0.1, 0.15) is 19.9 Å². The van der Waals surface area contributed by atoms with Gasteiger partial charge in [0, 0.05) is 0 Å². The number of rotatable bonds is 3. The van der Waals surface area contributed by atoms with Crippen molar-refractivity contribution in [1.82, 2.24) is 15.0 Å². The molecule has 17 heavy (non-hydrogen) atoms. The van der Waals surface area contributed by atoms with Crippen LogP contribution < -0.4 is 11.3 Å². The number of amides is 1. The van der Waals surface area contributed by atoms with Gasteiger partial charge in [-0.2, -0.15) is 0 Å². The number of carbonyl (C=O) groups is 1. The zero-order valence-electron chi connectivity index (χ0n) is 9.92. The third kappa shape index (κ3) is 2.01. The minimum absolute atomic E-state index is 0.135. The highest BCUT2D eigenvalue weighted by Gasteiger charge is 2.24. The largest absolute Gasteiger partial charge is 0.318 e. The van der Waals surface area contributed by atoms with E-state index < -0.39 is 0 Å². The molecule has 2 rings (SSSR count). The van der Waals surface area contributed by atoms with Gasteiger partial charge in [0.2, 0.25) is 0 Å². The lowest BCUT2D eigenvalue weighted by molar-refractivity contribution is -0.125. The number of nitrogens with two attached hydrogens (primary N) is 1. The number of fused-ring (bicyclic) bond motifs is 1. The minimum atomic E-state index is -0.340. The number of imidazole rings is 1. The van der Waals surface area contributed by atoms with Crippen molar-refractivity contribution in [2.75, 3.05) is 0 Å². The second-order valence-corrected chi connectivity index (χ2v) is 4.34. The van der Waals surface area contributed by atoms with Crippen LogP contribution in [0, 0.1) is 5.92 Å². The van der Waals surface area contributed by atoms with E-state index in [4.69, 9.17) is 5.84 Å². The molecule has 0 radical (unpaired) electrons. The van der Waals surface area contributed by atoms with Crippen LogP contribution in [0.4, 0.5) is 0 Å². The molecular formula is C12H16N4O. The van der Waals surface area contributed by atoms with Gasteiger partial charge in [0.1, 0.15) is 6.04 Å². The van der Waals surface area contributed by atoms with Crippen molar-refractivity contribution >= 4 is 16.9 Å². The Morgan fingerprint density at radius 1 is 1.41 bits per heavy atom. The number of nitrogens with one attached hydrogen (secondary N) is 1. The molecule has 0 aliphatic heterocycles. The van der Waals surface area contributed by atoms with E-state index in [-0.39, 0.29) is 17.9 Å². The van der Waals surface area contributed by atoms with E-state index in [0.29, 0.717) is 0 Å². The fourth-order valence-corrected chi connectivity index (χ4v) is 2.04. The summed E-state index contributed by atoms with van der Waals surface area (Å²) in [6, 6.07) is 7.38. The van der Waals surface area contributed by atoms with Crippen LogP contribution >= 0.6 is 0 Å². The van der Waals surface area contributed by atoms with Crippen molar-refractivity contribution < 1.29 is 4.79 Å². The first-order valence-electron chi connectivity index (χ1n) is 5.57. The highest BCUT2D eigenvalue weighted by Crippen LogP contribution is 2.23. The van der Waals surface area contributed by atoms with Gasteiger partial charge in [-0.25, -0.2) is 10.8 Å². The summed E-state index contributed by atoms with van der Waals surface area (Å²) < 4.78 is 1.86. The average molecular weight is 232 g/mol. The van der Waals surface area contributed by atoms with E-state index in [1.54, 1.807) is 6.33 Å². The van der Waals surface area contributed by atoms with Gasteiger partial charge in [0.25, 0.3) is 5.91 Å². The summed E-state index contributed by atoms with van der Waals surface area (Å²) in [5.41, 5.74) is 4.03. The molecule has 90 valence electrons. The summed E-state index contributed by atoms with van der Waals surface area (Å²) in [4.78, 5) is 16.1. The van der Waals surface area contributed by atoms with Crippen LogP contribution in [-0.4, -0.2) is 15.5 Å². The first-order valence-corrected chi connectivity index (χ1v) is 5.57. The third-order valence-electron chi connectivity index (χ3n) is 2.82. The fraction of sp³-hybridized carbons (Fsp3) is 0.333. The molecule has 0 bridgehead atoms. The number of hydrogen-bond donors (Lipinski definition) is 2. The number of benzene rings is 1. The molecule has 2 aromatic rings. The third-order valence-corrected chi connectivity index (χ3v) is 2.82. The molecule has 0 aliphatic carbocycles. The number of hydrogen-bond acceptors (Lipinski definition) is 3. The summed E-state index contributed by atoms with van der Waals surface area (Å²) >= 11 is 0. The minimum Gasteiger partial charge on any atom is -0.318 e. The molecule has 0 saturated carbocycles. The summed E-state index contributed by atoms with van der Waals surface area (Å²) in [6.45, 7) is 3.96. The molecule has 5 heteroatoms. The van der Waals surface area contributed by atoms with Crippen LogP contribution in [0.15, 0.2) is 30.6 Å². The molecular weight excluding hydrogens is 216 g/mol. The Morgan fingerprint density at radius 3 is 2.76 bits per heavy atom. The molecule has 1 unspecified atom stereocenters. The van der Waals surface area contributed by atoms with Crippen molar-refractivity contribution in [2.45, 2.75) is 19.9 Å². The zero-order chi connectivity index (χ0) is 12.4. The van der Waals surface area contributed by atoms with Gasteiger partial charge < -0.3 is 4.57 Å². The Morgan fingerprint density at radius 2 is 2.12 bits per heavy atom. The lowest BCUT2D eigenvalue weighted by Crippen LogP contribution is -2.39. The summed E-state index contributed by atoms with van der Waals surface area (Å²) in [5.74, 6) is 5.16. The Balaban J connectivity index is 2.53. The number of aromatic nitrogens is 2. The monoisotopic (exact) mass is 232 g/mol. The van der Waals surface area contributed by atoms with Crippen LogP contribution in [0.3, 0.4) is 0 Å². The molecule has 0 spiro atoms. The van der Waals surface area contributed by atoms with E-state index in [1.807, 2.05) is 42.7 Å². The standard InChI is InChI=1S/C12H16N4O/c1-8(2)11(12(17)15-13)16-7-14-9-5-3-4-6-10(9)16/h3-8,11H,13H2,1-2H3,(H,15,17). The number of carbonyl (C=O) groups excluding carboxylic acids is 1. The molecule has 1 amide bonds. The Bertz CT molecular complexity index is 532. The predicted octanol–water partition coefficient (Wildman–Crippen LogP) is 1.22. The average Bonchev–Trinajstić information content (AvgIpc) is 2.73. The van der Waals surface area contributed by atoms with Crippen molar-refractivity contribution in [1.29, 1.82) is 0 Å². The zero-order valence-corrected chi connectivity index (χ0v) is 9.92. The van der Waals surface area contributed by atoms with Crippen molar-refractivity contribution in [3.05, 3.63) is 30.6 Å². The lowest BCUT2D eigenvalue weighted by atomic mass is 10.0. The van der Waals surface area contributed by atoms with E-state index in [2.05, 4.69) is 10.4 Å². The first-order chi connectivity index (χ1) is 8.15. The highest BCUT2D eigenvalue weighted by atomic mass is 16.2. The van der Waals surface area contributed by atoms with Gasteiger partial charge >= 0.3 is 0 Å². The molecule has 0 aliphatic rings. The molecule has 3 N–H and O–H groups in total. The second-order valence-electron chi connectivity index (χ2n) is 4.34. The maximum Gasteiger partial charge on any atom is 0.257 e. The van der Waals surface area contributed by atoms with Gasteiger partial charge in [0.05, 0.1) is 17.4 Å². The summed E-state index contributed by atoms with van der Waals surface area (Å²) in [6.07, 6.45) is 1.69. The normalized spacial score (nSPS) is 12.9. The fourth-order valence-electron chi connectivity index (χ4n) is 2.04. The topological polar surface area (TPSA) is 72.9 Å².